The predicted octanol–water partition coefficient (Wildman–Crippen LogP) is 4.91. The molecule has 0 aromatic heterocycles. The van der Waals surface area contributed by atoms with Crippen LogP contribution in [0.25, 0.3) is 11.1 Å². The van der Waals surface area contributed by atoms with Crippen molar-refractivity contribution in [2.75, 3.05) is 11.5 Å². The molecule has 4 nitrogen and oxygen atoms in total. The molecule has 0 saturated heterocycles. The zero-order valence-corrected chi connectivity index (χ0v) is 16.2. The van der Waals surface area contributed by atoms with Crippen LogP contribution in [0.4, 0.5) is 11.4 Å². The molecule has 0 spiro atoms. The third-order valence-corrected chi connectivity index (χ3v) is 5.98. The molecule has 1 aliphatic carbocycles. The van der Waals surface area contributed by atoms with Gasteiger partial charge < -0.3 is 16.6 Å². The Kier molecular flexibility index (Phi) is 3.90. The molecule has 4 aromatic carbocycles. The Bertz CT molecular complexity index is 1230. The van der Waals surface area contributed by atoms with Crippen molar-refractivity contribution < 1.29 is 9.90 Å². The highest BCUT2D eigenvalue weighted by atomic mass is 16.4. The van der Waals surface area contributed by atoms with Gasteiger partial charge in [-0.05, 0) is 63.7 Å². The smallest absolute Gasteiger partial charge is 0.336 e. The molecule has 30 heavy (non-hydrogen) atoms. The predicted molar refractivity (Wildman–Crippen MR) is 120 cm³/mol. The van der Waals surface area contributed by atoms with E-state index in [1.807, 2.05) is 66.7 Å². The van der Waals surface area contributed by atoms with E-state index in [4.69, 9.17) is 11.5 Å². The van der Waals surface area contributed by atoms with Crippen molar-refractivity contribution in [3.8, 4) is 11.1 Å². The molecule has 5 N–H and O–H groups in total. The summed E-state index contributed by atoms with van der Waals surface area (Å²) < 4.78 is 0. The summed E-state index contributed by atoms with van der Waals surface area (Å²) >= 11 is 0. The van der Waals surface area contributed by atoms with Crippen molar-refractivity contribution >= 4 is 17.3 Å². The lowest BCUT2D eigenvalue weighted by Crippen LogP contribution is -2.30. The van der Waals surface area contributed by atoms with Crippen LogP contribution in [0.5, 0.6) is 0 Å². The van der Waals surface area contributed by atoms with Crippen LogP contribution in [0, 0.1) is 0 Å². The van der Waals surface area contributed by atoms with Gasteiger partial charge in [-0.1, -0.05) is 60.7 Å². The Morgan fingerprint density at radius 2 is 1.20 bits per heavy atom. The lowest BCUT2D eigenvalue weighted by atomic mass is 9.66. The Morgan fingerprint density at radius 3 is 1.77 bits per heavy atom. The highest BCUT2D eigenvalue weighted by Crippen LogP contribution is 2.57. The lowest BCUT2D eigenvalue weighted by Gasteiger charge is -2.34. The van der Waals surface area contributed by atoms with E-state index in [1.54, 1.807) is 12.1 Å². The molecule has 4 heteroatoms. The van der Waals surface area contributed by atoms with Crippen LogP contribution in [0.1, 0.15) is 32.6 Å². The van der Waals surface area contributed by atoms with Crippen molar-refractivity contribution in [3.63, 3.8) is 0 Å². The van der Waals surface area contributed by atoms with Crippen LogP contribution in [0.2, 0.25) is 0 Å². The maximum Gasteiger partial charge on any atom is 0.336 e. The maximum atomic E-state index is 12.3. The Labute approximate surface area is 174 Å². The van der Waals surface area contributed by atoms with Crippen LogP contribution >= 0.6 is 0 Å². The number of anilines is 2. The molecule has 0 heterocycles. The van der Waals surface area contributed by atoms with Crippen molar-refractivity contribution in [2.45, 2.75) is 5.41 Å². The number of nitrogen functional groups attached to an aromatic ring is 2. The van der Waals surface area contributed by atoms with E-state index in [2.05, 4.69) is 12.1 Å². The number of rotatable bonds is 3. The zero-order valence-electron chi connectivity index (χ0n) is 16.2. The molecule has 0 fully saturated rings. The van der Waals surface area contributed by atoms with Gasteiger partial charge in [-0.25, -0.2) is 4.79 Å². The number of nitrogens with two attached hydrogens (primary N) is 2. The molecular weight excluding hydrogens is 372 g/mol. The number of carboxylic acids is 1. The summed E-state index contributed by atoms with van der Waals surface area (Å²) in [5, 5.41) is 10.1. The van der Waals surface area contributed by atoms with E-state index in [0.29, 0.717) is 11.4 Å². The topological polar surface area (TPSA) is 89.3 Å². The molecule has 146 valence electrons. The van der Waals surface area contributed by atoms with Gasteiger partial charge in [0, 0.05) is 11.4 Å². The molecule has 0 unspecified atom stereocenters. The van der Waals surface area contributed by atoms with Crippen LogP contribution in [-0.2, 0) is 5.41 Å². The first kappa shape index (κ1) is 18.0. The molecule has 0 amide bonds. The normalized spacial score (nSPS) is 13.5. The fraction of sp³-hybridized carbons (Fsp3) is 0.0385. The van der Waals surface area contributed by atoms with E-state index >= 15 is 0 Å². The van der Waals surface area contributed by atoms with Gasteiger partial charge in [-0.15, -0.1) is 0 Å². The number of fused-ring (bicyclic) bond motifs is 3. The fourth-order valence-electron chi connectivity index (χ4n) is 4.77. The monoisotopic (exact) mass is 392 g/mol. The Morgan fingerprint density at radius 1 is 0.667 bits per heavy atom. The number of hydrogen-bond donors (Lipinski definition) is 3. The summed E-state index contributed by atoms with van der Waals surface area (Å²) in [7, 11) is 0. The molecule has 0 atom stereocenters. The molecule has 5 rings (SSSR count). The third kappa shape index (κ3) is 2.37. The first-order valence-electron chi connectivity index (χ1n) is 9.72. The van der Waals surface area contributed by atoms with Gasteiger partial charge in [0.15, 0.2) is 0 Å². The quantitative estimate of drug-likeness (QED) is 0.381. The van der Waals surface area contributed by atoms with Gasteiger partial charge >= 0.3 is 5.97 Å². The minimum atomic E-state index is -0.949. The molecule has 1 aliphatic rings. The number of hydrogen-bond acceptors (Lipinski definition) is 3. The van der Waals surface area contributed by atoms with Crippen molar-refractivity contribution in [3.05, 3.63) is 119 Å². The molecule has 0 saturated carbocycles. The van der Waals surface area contributed by atoms with Crippen molar-refractivity contribution in [1.82, 2.24) is 0 Å². The van der Waals surface area contributed by atoms with Crippen LogP contribution in [0.3, 0.4) is 0 Å². The molecule has 0 radical (unpaired) electrons. The standard InChI is InChI=1S/C26H20N2O2/c27-18-12-8-16(9-13-18)26(17-10-14-19(28)15-11-17)23-7-2-1-4-20(23)21-5-3-6-22(24(21)26)25(29)30/h1-15H,27-28H2,(H,29,30). The summed E-state index contributed by atoms with van der Waals surface area (Å²) in [6.45, 7) is 0. The van der Waals surface area contributed by atoms with Crippen LogP contribution in [-0.4, -0.2) is 11.1 Å². The summed E-state index contributed by atoms with van der Waals surface area (Å²) in [6.07, 6.45) is 0. The summed E-state index contributed by atoms with van der Waals surface area (Å²) in [5.41, 5.74) is 18.5. The molecule has 0 aliphatic heterocycles. The van der Waals surface area contributed by atoms with Gasteiger partial charge in [0.1, 0.15) is 0 Å². The van der Waals surface area contributed by atoms with Gasteiger partial charge in [-0.2, -0.15) is 0 Å². The van der Waals surface area contributed by atoms with Gasteiger partial charge in [0.25, 0.3) is 0 Å². The number of carboxylic acid groups (broad SMARTS) is 1. The second-order valence-electron chi connectivity index (χ2n) is 7.57. The Balaban J connectivity index is 2.00. The number of carbonyl (C=O) groups is 1. The second kappa shape index (κ2) is 6.49. The van der Waals surface area contributed by atoms with E-state index in [0.717, 1.165) is 33.4 Å². The molecular formula is C26H20N2O2. The Hall–Kier alpha value is -4.05. The lowest BCUT2D eigenvalue weighted by molar-refractivity contribution is 0.0695. The molecule has 0 bridgehead atoms. The van der Waals surface area contributed by atoms with E-state index < -0.39 is 11.4 Å². The van der Waals surface area contributed by atoms with Gasteiger partial charge in [0.2, 0.25) is 0 Å². The average molecular weight is 392 g/mol. The molecule has 4 aromatic rings. The van der Waals surface area contributed by atoms with E-state index in [1.165, 1.54) is 0 Å². The maximum absolute atomic E-state index is 12.3. The summed E-state index contributed by atoms with van der Waals surface area (Å²) in [4.78, 5) is 12.3. The summed E-state index contributed by atoms with van der Waals surface area (Å²) in [6, 6.07) is 29.0. The highest BCUT2D eigenvalue weighted by molar-refractivity contribution is 5.98. The largest absolute Gasteiger partial charge is 0.478 e. The zero-order chi connectivity index (χ0) is 20.9. The van der Waals surface area contributed by atoms with Crippen molar-refractivity contribution in [2.24, 2.45) is 0 Å². The first-order valence-corrected chi connectivity index (χ1v) is 9.72. The first-order chi connectivity index (χ1) is 14.5. The van der Waals surface area contributed by atoms with Crippen LogP contribution < -0.4 is 11.5 Å². The van der Waals surface area contributed by atoms with Gasteiger partial charge in [0.05, 0.1) is 11.0 Å². The third-order valence-electron chi connectivity index (χ3n) is 5.98. The van der Waals surface area contributed by atoms with E-state index in [-0.39, 0.29) is 5.56 Å². The number of benzene rings is 4. The summed E-state index contributed by atoms with van der Waals surface area (Å²) in [5.74, 6) is -0.949. The fourth-order valence-corrected chi connectivity index (χ4v) is 4.77. The minimum absolute atomic E-state index is 0.289. The van der Waals surface area contributed by atoms with Crippen molar-refractivity contribution in [1.29, 1.82) is 0 Å². The second-order valence-corrected chi connectivity index (χ2v) is 7.57. The minimum Gasteiger partial charge on any atom is -0.478 e. The highest BCUT2D eigenvalue weighted by Gasteiger charge is 2.48. The van der Waals surface area contributed by atoms with Gasteiger partial charge in [-0.3, -0.25) is 0 Å². The van der Waals surface area contributed by atoms with E-state index in [9.17, 15) is 9.90 Å². The SMILES string of the molecule is Nc1ccc(C2(c3ccc(N)cc3)c3ccccc3-c3cccc(C(=O)O)c32)cc1. The number of aromatic carboxylic acids is 1. The van der Waals surface area contributed by atoms with Crippen LogP contribution in [0.15, 0.2) is 91.0 Å². The average Bonchev–Trinajstić information content (AvgIpc) is 3.06.